The van der Waals surface area contributed by atoms with Crippen LogP contribution in [0.1, 0.15) is 18.5 Å². The molecule has 2 aliphatic heterocycles. The van der Waals surface area contributed by atoms with E-state index in [0.717, 1.165) is 11.3 Å². The summed E-state index contributed by atoms with van der Waals surface area (Å²) < 4.78 is 37.2. The fourth-order valence-electron chi connectivity index (χ4n) is 3.29. The highest BCUT2D eigenvalue weighted by molar-refractivity contribution is 7.84. The first-order valence-electron chi connectivity index (χ1n) is 9.64. The summed E-state index contributed by atoms with van der Waals surface area (Å²) in [5.74, 6) is -4.54. The number of imide groups is 1. The van der Waals surface area contributed by atoms with E-state index in [1.54, 1.807) is 0 Å². The van der Waals surface area contributed by atoms with E-state index in [1.807, 2.05) is 0 Å². The number of carbonyl (C=O) groups excluding carboxylic acids is 4. The number of amides is 4. The molecular formula is C16H16N6O11S2. The zero-order chi connectivity index (χ0) is 25.7. The summed E-state index contributed by atoms with van der Waals surface area (Å²) in [6.45, 7) is -1.32. The van der Waals surface area contributed by atoms with Crippen LogP contribution in [0, 0.1) is 0 Å². The lowest BCUT2D eigenvalue weighted by Crippen LogP contribution is -2.74. The Balaban J connectivity index is 1.59. The molecule has 1 aliphatic carbocycles. The normalized spacial score (nSPS) is 23.6. The van der Waals surface area contributed by atoms with E-state index < -0.39 is 76.6 Å². The van der Waals surface area contributed by atoms with E-state index in [-0.39, 0.29) is 28.0 Å². The molecule has 4 amide bonds. The van der Waals surface area contributed by atoms with E-state index >= 15 is 0 Å². The third-order valence-corrected chi connectivity index (χ3v) is 6.92. The summed E-state index contributed by atoms with van der Waals surface area (Å²) >= 11 is 0.922. The van der Waals surface area contributed by atoms with Gasteiger partial charge in [-0.05, 0) is 0 Å². The maximum absolute atomic E-state index is 13.0. The number of nitrogens with zero attached hydrogens (tertiary/aromatic N) is 4. The molecule has 4 rings (SSSR count). The number of rotatable bonds is 9. The van der Waals surface area contributed by atoms with E-state index in [9.17, 15) is 42.0 Å². The second kappa shape index (κ2) is 8.43. The van der Waals surface area contributed by atoms with Gasteiger partial charge in [0.05, 0.1) is 12.6 Å². The van der Waals surface area contributed by atoms with E-state index in [2.05, 4.69) is 20.2 Å². The number of nitrogens with two attached hydrogens (primary N) is 1. The summed E-state index contributed by atoms with van der Waals surface area (Å²) in [5, 5.41) is 16.4. The summed E-state index contributed by atoms with van der Waals surface area (Å²) in [6.07, 6.45) is -0.842. The summed E-state index contributed by atoms with van der Waals surface area (Å²) in [4.78, 5) is 69.8. The smallest absolute Gasteiger partial charge is 0.417 e. The van der Waals surface area contributed by atoms with E-state index in [1.165, 1.54) is 5.38 Å². The Kier molecular flexibility index (Phi) is 5.85. The summed E-state index contributed by atoms with van der Waals surface area (Å²) in [6, 6.07) is -3.21. The molecule has 0 spiro atoms. The molecule has 0 radical (unpaired) electrons. The van der Waals surface area contributed by atoms with Gasteiger partial charge in [0.1, 0.15) is 11.7 Å². The number of cyclic esters (lactones) is 1. The van der Waals surface area contributed by atoms with Crippen LogP contribution in [0.15, 0.2) is 10.5 Å². The Hall–Kier alpha value is -3.84. The first-order valence-corrected chi connectivity index (χ1v) is 11.9. The Bertz CT molecular complexity index is 1250. The highest BCUT2D eigenvalue weighted by Gasteiger charge is 2.57. The second-order valence-corrected chi connectivity index (χ2v) is 9.77. The third kappa shape index (κ3) is 4.47. The number of anilines is 1. The van der Waals surface area contributed by atoms with Crippen molar-refractivity contribution in [3.8, 4) is 0 Å². The topological polar surface area (TPSA) is 248 Å². The lowest BCUT2D eigenvalue weighted by atomic mass is 9.97. The van der Waals surface area contributed by atoms with Crippen molar-refractivity contribution in [2.45, 2.75) is 30.5 Å². The monoisotopic (exact) mass is 532 g/mol. The minimum absolute atomic E-state index is 0.00537. The predicted molar refractivity (Wildman–Crippen MR) is 111 cm³/mol. The van der Waals surface area contributed by atoms with Crippen LogP contribution in [0.3, 0.4) is 0 Å². The maximum atomic E-state index is 13.0. The molecule has 2 atom stereocenters. The van der Waals surface area contributed by atoms with Gasteiger partial charge in [-0.15, -0.1) is 11.3 Å². The molecule has 35 heavy (non-hydrogen) atoms. The largest absolute Gasteiger partial charge is 0.478 e. The van der Waals surface area contributed by atoms with Gasteiger partial charge in [-0.3, -0.25) is 18.9 Å². The number of ether oxygens (including phenoxy) is 1. The quantitative estimate of drug-likeness (QED) is 0.112. The van der Waals surface area contributed by atoms with Crippen molar-refractivity contribution in [1.29, 1.82) is 0 Å². The molecule has 2 saturated heterocycles. The molecule has 5 N–H and O–H groups in total. The van der Waals surface area contributed by atoms with Gasteiger partial charge < -0.3 is 25.7 Å². The summed E-state index contributed by atoms with van der Waals surface area (Å²) in [7, 11) is -5.11. The van der Waals surface area contributed by atoms with Crippen molar-refractivity contribution in [3.63, 3.8) is 0 Å². The lowest BCUT2D eigenvalue weighted by molar-refractivity contribution is -0.153. The van der Waals surface area contributed by atoms with Crippen molar-refractivity contribution >= 4 is 62.3 Å². The molecule has 3 heterocycles. The summed E-state index contributed by atoms with van der Waals surface area (Å²) in [5.41, 5.74) is 3.25. The fraction of sp³-hybridized carbons (Fsp3) is 0.438. The first kappa shape index (κ1) is 24.3. The van der Waals surface area contributed by atoms with Gasteiger partial charge in [0.15, 0.2) is 17.5 Å². The molecule has 0 bridgehead atoms. The van der Waals surface area contributed by atoms with Gasteiger partial charge in [0.2, 0.25) is 5.60 Å². The molecule has 19 heteroatoms. The van der Waals surface area contributed by atoms with Crippen molar-refractivity contribution in [3.05, 3.63) is 11.1 Å². The van der Waals surface area contributed by atoms with E-state index in [0.29, 0.717) is 4.90 Å². The number of aromatic nitrogens is 1. The molecule has 0 aromatic carbocycles. The number of nitrogen functional groups attached to an aromatic ring is 1. The average molecular weight is 532 g/mol. The van der Waals surface area contributed by atoms with Crippen LogP contribution >= 0.6 is 11.3 Å². The number of carbonyl (C=O) groups is 5. The number of carboxylic acids is 1. The minimum atomic E-state index is -5.11. The van der Waals surface area contributed by atoms with Crippen molar-refractivity contribution in [1.82, 2.24) is 19.5 Å². The van der Waals surface area contributed by atoms with Crippen molar-refractivity contribution < 1.29 is 51.6 Å². The Morgan fingerprint density at radius 3 is 2.54 bits per heavy atom. The molecule has 3 fully saturated rings. The number of β-lactam (4-membered cyclic amide) rings is 1. The third-order valence-electron chi connectivity index (χ3n) is 5.30. The van der Waals surface area contributed by atoms with Gasteiger partial charge >= 0.3 is 22.4 Å². The van der Waals surface area contributed by atoms with Crippen LogP contribution in [0.5, 0.6) is 0 Å². The number of oxime groups is 1. The number of hydrogen-bond acceptors (Lipinski definition) is 13. The molecule has 0 unspecified atom stereocenters. The highest BCUT2D eigenvalue weighted by Crippen LogP contribution is 2.40. The number of aliphatic carboxylic acids is 1. The van der Waals surface area contributed by atoms with Crippen LogP contribution in [0.2, 0.25) is 0 Å². The molecule has 1 aromatic rings. The van der Waals surface area contributed by atoms with Crippen molar-refractivity contribution in [2.75, 3.05) is 18.9 Å². The minimum Gasteiger partial charge on any atom is -0.478 e. The zero-order valence-electron chi connectivity index (χ0n) is 17.3. The number of thiazole rings is 1. The average Bonchev–Trinajstić information content (AvgIpc) is 3.35. The molecule has 3 aliphatic rings. The standard InChI is InChI=1S/C16H16N6O11S2/c17-14-18-6(5-34-14)9(20-33-16(1-2-16)13(26)27)11(24)19-10-7(22(12(10)25)35(29,30)31)3-21-8(23)4-32-15(21)28/h5,7,10H,1-4H2,(H2,17,18)(H,19,24)(H,26,27)(H,29,30,31)/t7-,10+/m1/s1. The van der Waals surface area contributed by atoms with Crippen LogP contribution in [0.4, 0.5) is 9.93 Å². The molecule has 188 valence electrons. The van der Waals surface area contributed by atoms with Gasteiger partial charge in [-0.1, -0.05) is 5.16 Å². The predicted octanol–water partition coefficient (Wildman–Crippen LogP) is -2.46. The lowest BCUT2D eigenvalue weighted by Gasteiger charge is -2.44. The van der Waals surface area contributed by atoms with Gasteiger partial charge in [0.25, 0.3) is 17.7 Å². The molecular weight excluding hydrogens is 516 g/mol. The van der Waals surface area contributed by atoms with Crippen LogP contribution in [-0.2, 0) is 39.1 Å². The van der Waals surface area contributed by atoms with Gasteiger partial charge in [-0.25, -0.2) is 23.8 Å². The SMILES string of the molecule is Nc1nc(C(=NOC2(C(=O)O)CC2)C(=O)N[C@@H]2C(=O)N(S(=O)(=O)O)[C@@H]2CN2C(=O)COC2=O)cs1. The van der Waals surface area contributed by atoms with Crippen LogP contribution < -0.4 is 11.1 Å². The molecule has 1 saturated carbocycles. The number of nitrogens with one attached hydrogen (secondary N) is 1. The molecule has 17 nitrogen and oxygen atoms in total. The van der Waals surface area contributed by atoms with E-state index in [4.69, 9.17) is 10.6 Å². The highest BCUT2D eigenvalue weighted by atomic mass is 32.2. The zero-order valence-corrected chi connectivity index (χ0v) is 18.9. The second-order valence-electron chi connectivity index (χ2n) is 7.59. The van der Waals surface area contributed by atoms with Crippen molar-refractivity contribution in [2.24, 2.45) is 5.16 Å². The first-order chi connectivity index (χ1) is 16.3. The van der Waals surface area contributed by atoms with Gasteiger partial charge in [0, 0.05) is 18.2 Å². The maximum Gasteiger partial charge on any atom is 0.417 e. The van der Waals surface area contributed by atoms with Gasteiger partial charge in [-0.2, -0.15) is 8.42 Å². The molecule has 1 aromatic heterocycles. The number of hydrogen-bond donors (Lipinski definition) is 4. The van der Waals surface area contributed by atoms with Crippen LogP contribution in [-0.4, -0.2) is 98.6 Å². The fourth-order valence-corrected chi connectivity index (χ4v) is 4.71. The van der Waals surface area contributed by atoms with Crippen LogP contribution in [0.25, 0.3) is 0 Å². The Labute approximate surface area is 199 Å². The Morgan fingerprint density at radius 1 is 1.37 bits per heavy atom. The Morgan fingerprint density at radius 2 is 2.06 bits per heavy atom. The number of carboxylic acid groups (broad SMARTS) is 1.